The van der Waals surface area contributed by atoms with E-state index in [4.69, 9.17) is 4.74 Å². The molecule has 0 saturated carbocycles. The first-order valence-corrected chi connectivity index (χ1v) is 8.01. The van der Waals surface area contributed by atoms with Gasteiger partial charge in [0.25, 0.3) is 0 Å². The van der Waals surface area contributed by atoms with Gasteiger partial charge in [0.05, 0.1) is 0 Å². The summed E-state index contributed by atoms with van der Waals surface area (Å²) < 4.78 is 6.58. The van der Waals surface area contributed by atoms with Crippen molar-refractivity contribution in [2.24, 2.45) is 5.92 Å². The summed E-state index contributed by atoms with van der Waals surface area (Å²) in [6.45, 7) is 5.32. The molecule has 1 fully saturated rings. The highest BCUT2D eigenvalue weighted by Crippen LogP contribution is 2.30. The molecule has 1 saturated heterocycles. The fourth-order valence-corrected chi connectivity index (χ4v) is 2.85. The number of hydrogen-bond donors (Lipinski definition) is 1. The molecule has 114 valence electrons. The highest BCUT2D eigenvalue weighted by atomic mass is 79.9. The molecule has 3 atom stereocenters. The molecule has 0 unspecified atom stereocenters. The van der Waals surface area contributed by atoms with E-state index in [1.807, 2.05) is 31.2 Å². The van der Waals surface area contributed by atoms with E-state index in [-0.39, 0.29) is 5.92 Å². The minimum absolute atomic E-state index is 0.138. The number of ether oxygens (including phenoxy) is 1. The average Bonchev–Trinajstić information content (AvgIpc) is 2.44. The van der Waals surface area contributed by atoms with Gasteiger partial charge >= 0.3 is 0 Å². The first-order valence-electron chi connectivity index (χ1n) is 7.22. The van der Waals surface area contributed by atoms with Crippen molar-refractivity contribution in [1.29, 1.82) is 0 Å². The molecule has 0 amide bonds. The van der Waals surface area contributed by atoms with Crippen LogP contribution in [0, 0.1) is 17.8 Å². The van der Waals surface area contributed by atoms with E-state index in [1.165, 1.54) is 0 Å². The Bertz CT molecular complexity index is 534. The van der Waals surface area contributed by atoms with Gasteiger partial charge in [-0.15, -0.1) is 0 Å². The molecule has 1 N–H and O–H groups in total. The van der Waals surface area contributed by atoms with Crippen LogP contribution >= 0.6 is 15.9 Å². The second kappa shape index (κ2) is 6.83. The van der Waals surface area contributed by atoms with Crippen LogP contribution < -0.4 is 4.74 Å². The van der Waals surface area contributed by atoms with Gasteiger partial charge in [0.2, 0.25) is 0 Å². The van der Waals surface area contributed by atoms with Crippen molar-refractivity contribution < 1.29 is 9.84 Å². The monoisotopic (exact) mass is 351 g/mol. The summed E-state index contributed by atoms with van der Waals surface area (Å²) in [5.41, 5.74) is -0.908. The van der Waals surface area contributed by atoms with Crippen LogP contribution in [0.25, 0.3) is 0 Å². The van der Waals surface area contributed by atoms with Gasteiger partial charge in [0, 0.05) is 29.4 Å². The van der Waals surface area contributed by atoms with E-state index in [9.17, 15) is 5.11 Å². The van der Waals surface area contributed by atoms with Crippen molar-refractivity contribution in [1.82, 2.24) is 4.90 Å². The minimum Gasteiger partial charge on any atom is -0.481 e. The summed E-state index contributed by atoms with van der Waals surface area (Å²) in [5, 5.41) is 10.7. The maximum absolute atomic E-state index is 10.7. The molecule has 2 rings (SSSR count). The molecule has 0 aliphatic carbocycles. The number of halogens is 1. The Kier molecular flexibility index (Phi) is 5.32. The topological polar surface area (TPSA) is 32.7 Å². The van der Waals surface area contributed by atoms with E-state index in [1.54, 1.807) is 0 Å². The van der Waals surface area contributed by atoms with Crippen molar-refractivity contribution in [3.63, 3.8) is 0 Å². The largest absolute Gasteiger partial charge is 0.481 e. The Hall–Kier alpha value is -1.02. The lowest BCUT2D eigenvalue weighted by molar-refractivity contribution is -0.0347. The molecule has 0 radical (unpaired) electrons. The summed E-state index contributed by atoms with van der Waals surface area (Å²) in [4.78, 5) is 2.26. The van der Waals surface area contributed by atoms with Crippen LogP contribution in [0.1, 0.15) is 20.3 Å². The summed E-state index contributed by atoms with van der Waals surface area (Å²) in [5.74, 6) is 6.92. The van der Waals surface area contributed by atoms with Crippen LogP contribution in [0.4, 0.5) is 0 Å². The number of piperidine rings is 1. The minimum atomic E-state index is -0.908. The van der Waals surface area contributed by atoms with Gasteiger partial charge in [-0.3, -0.25) is 0 Å². The number of likely N-dealkylation sites (tertiary alicyclic amines) is 1. The number of hydrogen-bond acceptors (Lipinski definition) is 3. The van der Waals surface area contributed by atoms with E-state index in [2.05, 4.69) is 46.6 Å². The van der Waals surface area contributed by atoms with Gasteiger partial charge in [0.1, 0.15) is 18.0 Å². The number of rotatable bonds is 2. The van der Waals surface area contributed by atoms with Crippen molar-refractivity contribution in [3.8, 4) is 17.6 Å². The summed E-state index contributed by atoms with van der Waals surface area (Å²) in [6, 6.07) is 7.98. The molecular weight excluding hydrogens is 330 g/mol. The lowest BCUT2D eigenvalue weighted by Crippen LogP contribution is -2.52. The smallest absolute Gasteiger partial charge is 0.149 e. The molecule has 1 heterocycles. The van der Waals surface area contributed by atoms with Crippen molar-refractivity contribution in [2.45, 2.75) is 31.9 Å². The molecule has 0 bridgehead atoms. The summed E-state index contributed by atoms with van der Waals surface area (Å²) in [7, 11) is 2.09. The predicted molar refractivity (Wildman–Crippen MR) is 88.2 cm³/mol. The molecule has 0 aromatic heterocycles. The Morgan fingerprint density at radius 2 is 2.05 bits per heavy atom. The fourth-order valence-electron chi connectivity index (χ4n) is 2.58. The molecule has 1 aromatic carbocycles. The second-order valence-corrected chi connectivity index (χ2v) is 6.78. The molecule has 1 aliphatic rings. The van der Waals surface area contributed by atoms with Crippen molar-refractivity contribution in [3.05, 3.63) is 28.7 Å². The van der Waals surface area contributed by atoms with E-state index < -0.39 is 5.60 Å². The van der Waals surface area contributed by atoms with Crippen LogP contribution in [0.3, 0.4) is 0 Å². The Balaban J connectivity index is 1.93. The van der Waals surface area contributed by atoms with Crippen LogP contribution in [0.2, 0.25) is 0 Å². The van der Waals surface area contributed by atoms with Crippen LogP contribution in [0.15, 0.2) is 28.7 Å². The van der Waals surface area contributed by atoms with Crippen molar-refractivity contribution in [2.75, 3.05) is 20.2 Å². The lowest BCUT2D eigenvalue weighted by atomic mass is 9.80. The lowest BCUT2D eigenvalue weighted by Gasteiger charge is -2.42. The molecule has 4 heteroatoms. The van der Waals surface area contributed by atoms with Gasteiger partial charge in [-0.05, 0) is 38.2 Å². The number of benzene rings is 1. The third-order valence-electron chi connectivity index (χ3n) is 4.17. The van der Waals surface area contributed by atoms with E-state index >= 15 is 0 Å². The van der Waals surface area contributed by atoms with Gasteiger partial charge in [-0.1, -0.05) is 34.7 Å². The maximum Gasteiger partial charge on any atom is 0.149 e. The molecule has 3 nitrogen and oxygen atoms in total. The van der Waals surface area contributed by atoms with Gasteiger partial charge in [-0.2, -0.15) is 0 Å². The first-order chi connectivity index (χ1) is 9.90. The van der Waals surface area contributed by atoms with E-state index in [0.29, 0.717) is 19.1 Å². The SMILES string of the molecule is C[C@@H]1C[C@@](O)(C#CCOc2ccc(Br)cc2)[C@@H](C)CN1C. The van der Waals surface area contributed by atoms with E-state index in [0.717, 1.165) is 16.8 Å². The number of nitrogens with zero attached hydrogens (tertiary/aromatic N) is 1. The quantitative estimate of drug-likeness (QED) is 0.831. The molecule has 1 aliphatic heterocycles. The highest BCUT2D eigenvalue weighted by Gasteiger charge is 2.39. The van der Waals surface area contributed by atoms with Crippen LogP contribution in [-0.2, 0) is 0 Å². The molecule has 0 spiro atoms. The summed E-state index contributed by atoms with van der Waals surface area (Å²) in [6.07, 6.45) is 0.677. The van der Waals surface area contributed by atoms with Crippen molar-refractivity contribution >= 4 is 15.9 Å². The Morgan fingerprint density at radius 1 is 1.38 bits per heavy atom. The average molecular weight is 352 g/mol. The Labute approximate surface area is 135 Å². The van der Waals surface area contributed by atoms with Gasteiger partial charge in [-0.25, -0.2) is 0 Å². The maximum atomic E-state index is 10.7. The first kappa shape index (κ1) is 16.4. The third kappa shape index (κ3) is 4.23. The second-order valence-electron chi connectivity index (χ2n) is 5.86. The summed E-state index contributed by atoms with van der Waals surface area (Å²) >= 11 is 3.38. The number of aliphatic hydroxyl groups is 1. The molecule has 1 aromatic rings. The fraction of sp³-hybridized carbons (Fsp3) is 0.529. The standard InChI is InChI=1S/C17H22BrNO2/c1-13-12-19(3)14(2)11-17(13,20)9-4-10-21-16-7-5-15(18)6-8-16/h5-8,13-14,20H,10-12H2,1-3H3/t13-,14+,17-/m0/s1. The highest BCUT2D eigenvalue weighted by molar-refractivity contribution is 9.10. The van der Waals surface area contributed by atoms with Crippen LogP contribution in [-0.4, -0.2) is 41.8 Å². The zero-order valence-corrected chi connectivity index (χ0v) is 14.4. The Morgan fingerprint density at radius 3 is 2.71 bits per heavy atom. The zero-order chi connectivity index (χ0) is 15.5. The molecule has 21 heavy (non-hydrogen) atoms. The predicted octanol–water partition coefficient (Wildman–Crippen LogP) is 2.92. The third-order valence-corrected chi connectivity index (χ3v) is 4.69. The van der Waals surface area contributed by atoms with Gasteiger partial charge in [0.15, 0.2) is 0 Å². The zero-order valence-electron chi connectivity index (χ0n) is 12.8. The van der Waals surface area contributed by atoms with Crippen LogP contribution in [0.5, 0.6) is 5.75 Å². The molecular formula is C17H22BrNO2. The van der Waals surface area contributed by atoms with Gasteiger partial charge < -0.3 is 14.7 Å². The normalized spacial score (nSPS) is 29.6.